The minimum absolute atomic E-state index is 0.277. The van der Waals surface area contributed by atoms with Gasteiger partial charge in [-0.1, -0.05) is 25.6 Å². The standard InChI is InChI=1S/C11H22N2OS/c1-9(11(12)15)8-13-6-3-2-4-10(13)5-7-14/h9-10,14H,2-8H2,1H3,(H2,12,15). The van der Waals surface area contributed by atoms with Crippen LogP contribution in [-0.2, 0) is 0 Å². The summed E-state index contributed by atoms with van der Waals surface area (Å²) in [5.41, 5.74) is 5.63. The number of aliphatic hydroxyl groups excluding tert-OH is 1. The van der Waals surface area contributed by atoms with Gasteiger partial charge in [-0.3, -0.25) is 4.90 Å². The van der Waals surface area contributed by atoms with Crippen molar-refractivity contribution in [1.82, 2.24) is 4.90 Å². The van der Waals surface area contributed by atoms with E-state index in [1.807, 2.05) is 0 Å². The van der Waals surface area contributed by atoms with Gasteiger partial charge in [0.1, 0.15) is 0 Å². The number of piperidine rings is 1. The Labute approximate surface area is 97.6 Å². The van der Waals surface area contributed by atoms with E-state index in [-0.39, 0.29) is 12.5 Å². The first-order valence-electron chi connectivity index (χ1n) is 5.79. The maximum atomic E-state index is 9.00. The molecule has 0 spiro atoms. The molecule has 1 fully saturated rings. The average Bonchev–Trinajstić information content (AvgIpc) is 2.21. The van der Waals surface area contributed by atoms with Gasteiger partial charge in [0.15, 0.2) is 0 Å². The molecular formula is C11H22N2OS. The van der Waals surface area contributed by atoms with Crippen LogP contribution in [0, 0.1) is 5.92 Å². The van der Waals surface area contributed by atoms with Crippen molar-refractivity contribution in [2.75, 3.05) is 19.7 Å². The van der Waals surface area contributed by atoms with Gasteiger partial charge in [-0.05, 0) is 25.8 Å². The molecule has 1 saturated heterocycles. The Morgan fingerprint density at radius 3 is 2.93 bits per heavy atom. The fourth-order valence-electron chi connectivity index (χ4n) is 2.22. The summed E-state index contributed by atoms with van der Waals surface area (Å²) >= 11 is 4.99. The molecule has 2 unspecified atom stereocenters. The van der Waals surface area contributed by atoms with Crippen LogP contribution in [0.2, 0.25) is 0 Å². The second-order valence-electron chi connectivity index (χ2n) is 4.46. The van der Waals surface area contributed by atoms with Gasteiger partial charge in [-0.25, -0.2) is 0 Å². The topological polar surface area (TPSA) is 49.5 Å². The predicted molar refractivity (Wildman–Crippen MR) is 66.9 cm³/mol. The highest BCUT2D eigenvalue weighted by Gasteiger charge is 2.23. The third-order valence-corrected chi connectivity index (χ3v) is 3.61. The molecule has 15 heavy (non-hydrogen) atoms. The first-order chi connectivity index (χ1) is 7.15. The number of rotatable bonds is 5. The van der Waals surface area contributed by atoms with E-state index in [1.54, 1.807) is 0 Å². The highest BCUT2D eigenvalue weighted by molar-refractivity contribution is 7.80. The molecule has 4 heteroatoms. The molecule has 88 valence electrons. The molecule has 2 atom stereocenters. The van der Waals surface area contributed by atoms with Crippen molar-refractivity contribution in [3.05, 3.63) is 0 Å². The van der Waals surface area contributed by atoms with Gasteiger partial charge >= 0.3 is 0 Å². The molecular weight excluding hydrogens is 208 g/mol. The van der Waals surface area contributed by atoms with E-state index >= 15 is 0 Å². The highest BCUT2D eigenvalue weighted by atomic mass is 32.1. The van der Waals surface area contributed by atoms with Gasteiger partial charge in [-0.2, -0.15) is 0 Å². The second-order valence-corrected chi connectivity index (χ2v) is 4.93. The molecule has 3 N–H and O–H groups in total. The van der Waals surface area contributed by atoms with Crippen molar-refractivity contribution in [2.24, 2.45) is 11.7 Å². The normalized spacial score (nSPS) is 25.1. The summed E-state index contributed by atoms with van der Waals surface area (Å²) in [5, 5.41) is 9.00. The second kappa shape index (κ2) is 6.40. The maximum Gasteiger partial charge on any atom is 0.0768 e. The number of aliphatic hydroxyl groups is 1. The van der Waals surface area contributed by atoms with E-state index in [0.29, 0.717) is 11.0 Å². The largest absolute Gasteiger partial charge is 0.396 e. The van der Waals surface area contributed by atoms with E-state index in [4.69, 9.17) is 23.1 Å². The smallest absolute Gasteiger partial charge is 0.0768 e. The van der Waals surface area contributed by atoms with Crippen molar-refractivity contribution >= 4 is 17.2 Å². The summed E-state index contributed by atoms with van der Waals surface area (Å²) in [6.07, 6.45) is 4.61. The predicted octanol–water partition coefficient (Wildman–Crippen LogP) is 1.15. The van der Waals surface area contributed by atoms with E-state index in [9.17, 15) is 0 Å². The van der Waals surface area contributed by atoms with Crippen molar-refractivity contribution in [3.8, 4) is 0 Å². The van der Waals surface area contributed by atoms with Crippen LogP contribution in [0.15, 0.2) is 0 Å². The molecule has 1 rings (SSSR count). The maximum absolute atomic E-state index is 9.00. The van der Waals surface area contributed by atoms with Gasteiger partial charge in [-0.15, -0.1) is 0 Å². The van der Waals surface area contributed by atoms with E-state index in [0.717, 1.165) is 19.5 Å². The Balaban J connectivity index is 2.45. The Morgan fingerprint density at radius 2 is 2.33 bits per heavy atom. The summed E-state index contributed by atoms with van der Waals surface area (Å²) in [6, 6.07) is 0.528. The van der Waals surface area contributed by atoms with Crippen LogP contribution in [0.1, 0.15) is 32.6 Å². The molecule has 1 heterocycles. The Kier molecular flexibility index (Phi) is 5.50. The van der Waals surface area contributed by atoms with Crippen molar-refractivity contribution in [1.29, 1.82) is 0 Å². The number of likely N-dealkylation sites (tertiary alicyclic amines) is 1. The van der Waals surface area contributed by atoms with Crippen molar-refractivity contribution in [2.45, 2.75) is 38.6 Å². The van der Waals surface area contributed by atoms with Gasteiger partial charge in [0.05, 0.1) is 4.99 Å². The van der Waals surface area contributed by atoms with E-state index in [1.165, 1.54) is 19.3 Å². The minimum atomic E-state index is 0.277. The van der Waals surface area contributed by atoms with Crippen LogP contribution in [-0.4, -0.2) is 40.7 Å². The van der Waals surface area contributed by atoms with Crippen molar-refractivity contribution < 1.29 is 5.11 Å². The van der Waals surface area contributed by atoms with Crippen LogP contribution >= 0.6 is 12.2 Å². The fraction of sp³-hybridized carbons (Fsp3) is 0.909. The number of nitrogens with zero attached hydrogens (tertiary/aromatic N) is 1. The van der Waals surface area contributed by atoms with Gasteiger partial charge in [0.2, 0.25) is 0 Å². The lowest BCUT2D eigenvalue weighted by molar-refractivity contribution is 0.113. The molecule has 0 aromatic rings. The monoisotopic (exact) mass is 230 g/mol. The SMILES string of the molecule is CC(CN1CCCCC1CCO)C(N)=S. The average molecular weight is 230 g/mol. The molecule has 0 radical (unpaired) electrons. The molecule has 0 amide bonds. The number of hydrogen-bond donors (Lipinski definition) is 2. The molecule has 0 aromatic carbocycles. The fourth-order valence-corrected chi connectivity index (χ4v) is 2.29. The van der Waals surface area contributed by atoms with Gasteiger partial charge in [0.25, 0.3) is 0 Å². The molecule has 0 bridgehead atoms. The third kappa shape index (κ3) is 4.05. The number of nitrogens with two attached hydrogens (primary N) is 1. The first-order valence-corrected chi connectivity index (χ1v) is 6.20. The zero-order valence-corrected chi connectivity index (χ0v) is 10.3. The summed E-state index contributed by atoms with van der Waals surface area (Å²) < 4.78 is 0. The summed E-state index contributed by atoms with van der Waals surface area (Å²) in [5.74, 6) is 0.277. The molecule has 0 aliphatic carbocycles. The zero-order chi connectivity index (χ0) is 11.3. The summed E-state index contributed by atoms with van der Waals surface area (Å²) in [6.45, 7) is 4.42. The lowest BCUT2D eigenvalue weighted by atomic mass is 9.98. The quantitative estimate of drug-likeness (QED) is 0.696. The van der Waals surface area contributed by atoms with Gasteiger partial charge in [0, 0.05) is 25.1 Å². The Morgan fingerprint density at radius 1 is 1.60 bits per heavy atom. The first kappa shape index (κ1) is 12.9. The van der Waals surface area contributed by atoms with Crippen LogP contribution in [0.5, 0.6) is 0 Å². The summed E-state index contributed by atoms with van der Waals surface area (Å²) in [4.78, 5) is 3.03. The molecule has 0 aromatic heterocycles. The van der Waals surface area contributed by atoms with Crippen LogP contribution < -0.4 is 5.73 Å². The lowest BCUT2D eigenvalue weighted by Gasteiger charge is -2.36. The third-order valence-electron chi connectivity index (χ3n) is 3.21. The summed E-state index contributed by atoms with van der Waals surface area (Å²) in [7, 11) is 0. The zero-order valence-electron chi connectivity index (χ0n) is 9.48. The molecule has 0 saturated carbocycles. The number of hydrogen-bond acceptors (Lipinski definition) is 3. The van der Waals surface area contributed by atoms with Crippen LogP contribution in [0.25, 0.3) is 0 Å². The van der Waals surface area contributed by atoms with E-state index < -0.39 is 0 Å². The number of thiocarbonyl (C=S) groups is 1. The highest BCUT2D eigenvalue weighted by Crippen LogP contribution is 2.20. The van der Waals surface area contributed by atoms with Crippen LogP contribution in [0.4, 0.5) is 0 Å². The van der Waals surface area contributed by atoms with Gasteiger partial charge < -0.3 is 10.8 Å². The molecule has 1 aliphatic rings. The van der Waals surface area contributed by atoms with Crippen molar-refractivity contribution in [3.63, 3.8) is 0 Å². The Bertz CT molecular complexity index is 209. The van der Waals surface area contributed by atoms with E-state index in [2.05, 4.69) is 11.8 Å². The minimum Gasteiger partial charge on any atom is -0.396 e. The lowest BCUT2D eigenvalue weighted by Crippen LogP contribution is -2.44. The molecule has 3 nitrogen and oxygen atoms in total. The molecule has 1 aliphatic heterocycles. The van der Waals surface area contributed by atoms with Crippen LogP contribution in [0.3, 0.4) is 0 Å². The Hall–Kier alpha value is -0.190.